The monoisotopic (exact) mass is 327 g/mol. The molecule has 1 unspecified atom stereocenters. The lowest BCUT2D eigenvalue weighted by molar-refractivity contribution is 0.352. The van der Waals surface area contributed by atoms with Crippen molar-refractivity contribution in [2.75, 3.05) is 26.0 Å². The minimum Gasteiger partial charge on any atom is -0.333 e. The Labute approximate surface area is 134 Å². The van der Waals surface area contributed by atoms with E-state index in [0.717, 1.165) is 6.54 Å². The minimum absolute atomic E-state index is 0.453. The molecule has 0 aromatic heterocycles. The summed E-state index contributed by atoms with van der Waals surface area (Å²) in [7, 11) is 4.01. The predicted molar refractivity (Wildman–Crippen MR) is 89.9 cm³/mol. The van der Waals surface area contributed by atoms with Gasteiger partial charge in [0, 0.05) is 19.2 Å². The maximum atomic E-state index is 6.28. The molecule has 0 amide bonds. The second kappa shape index (κ2) is 6.66. The van der Waals surface area contributed by atoms with Crippen molar-refractivity contribution >= 4 is 34.8 Å². The molecule has 1 aromatic rings. The molecule has 1 aromatic carbocycles. The van der Waals surface area contributed by atoms with Gasteiger partial charge in [-0.25, -0.2) is 4.99 Å². The average molecular weight is 328 g/mol. The maximum absolute atomic E-state index is 6.28. The largest absolute Gasteiger partial charge is 0.333 e. The third-order valence-electron chi connectivity index (χ3n) is 3.08. The second-order valence-electron chi connectivity index (χ2n) is 5.21. The van der Waals surface area contributed by atoms with Crippen molar-refractivity contribution in [3.8, 4) is 0 Å². The summed E-state index contributed by atoms with van der Waals surface area (Å²) in [6.45, 7) is 0.843. The van der Waals surface area contributed by atoms with E-state index in [1.165, 1.54) is 0 Å². The number of benzene rings is 1. The fourth-order valence-corrected chi connectivity index (χ4v) is 2.22. The molecule has 1 aliphatic heterocycles. The Kier molecular flexibility index (Phi) is 5.11. The molecule has 0 fully saturated rings. The molecule has 1 heterocycles. The van der Waals surface area contributed by atoms with Gasteiger partial charge in [0.15, 0.2) is 0 Å². The van der Waals surface area contributed by atoms with Crippen LogP contribution in [0, 0.1) is 0 Å². The molecule has 0 radical (unpaired) electrons. The van der Waals surface area contributed by atoms with Crippen LogP contribution in [0.15, 0.2) is 35.5 Å². The van der Waals surface area contributed by atoms with Gasteiger partial charge in [0.25, 0.3) is 0 Å². The molecular weight excluding hydrogens is 309 g/mol. The summed E-state index contributed by atoms with van der Waals surface area (Å²) in [6, 6.07) is 5.38. The normalized spacial score (nSPS) is 21.1. The number of nitrogens with zero attached hydrogens (tertiary/aromatic N) is 2. The number of halogens is 2. The molecule has 5 nitrogen and oxygen atoms in total. The van der Waals surface area contributed by atoms with Crippen LogP contribution in [-0.4, -0.2) is 37.2 Å². The van der Waals surface area contributed by atoms with Gasteiger partial charge in [-0.3, -0.25) is 0 Å². The van der Waals surface area contributed by atoms with Crippen LogP contribution >= 0.6 is 23.2 Å². The van der Waals surface area contributed by atoms with Crippen LogP contribution in [0.25, 0.3) is 0 Å². The van der Waals surface area contributed by atoms with Gasteiger partial charge in [-0.15, -0.1) is 0 Å². The molecule has 114 valence electrons. The summed E-state index contributed by atoms with van der Waals surface area (Å²) in [5.74, 6) is 0.544. The predicted octanol–water partition coefficient (Wildman–Crippen LogP) is 2.48. The van der Waals surface area contributed by atoms with E-state index in [1.807, 2.05) is 32.3 Å². The summed E-state index contributed by atoms with van der Waals surface area (Å²) >= 11 is 12.1. The van der Waals surface area contributed by atoms with E-state index in [4.69, 9.17) is 28.9 Å². The highest BCUT2D eigenvalue weighted by molar-refractivity contribution is 6.44. The van der Waals surface area contributed by atoms with E-state index >= 15 is 0 Å². The third-order valence-corrected chi connectivity index (χ3v) is 3.90. The lowest BCUT2D eigenvalue weighted by Gasteiger charge is -2.28. The standard InChI is InChI=1S/C14H19Cl2N5/c1-21(2)9-7-14(17)6-8-18-13(20-14)19-11-5-3-4-10(15)12(11)16/h3-6,8H,7,9,17H2,1-2H3,(H2,18,19,20). The van der Waals surface area contributed by atoms with Crippen molar-refractivity contribution < 1.29 is 0 Å². The van der Waals surface area contributed by atoms with Crippen molar-refractivity contribution in [2.24, 2.45) is 10.7 Å². The smallest absolute Gasteiger partial charge is 0.202 e. The zero-order chi connectivity index (χ0) is 15.5. The average Bonchev–Trinajstić information content (AvgIpc) is 2.42. The molecule has 0 saturated carbocycles. The van der Waals surface area contributed by atoms with Crippen molar-refractivity contribution in [1.82, 2.24) is 10.2 Å². The van der Waals surface area contributed by atoms with Crippen molar-refractivity contribution in [1.29, 1.82) is 0 Å². The number of hydrogen-bond acceptors (Lipinski definition) is 5. The van der Waals surface area contributed by atoms with Crippen LogP contribution in [0.5, 0.6) is 0 Å². The molecule has 0 aliphatic carbocycles. The van der Waals surface area contributed by atoms with Gasteiger partial charge in [-0.05, 0) is 32.3 Å². The zero-order valence-corrected chi connectivity index (χ0v) is 13.5. The number of nitrogens with two attached hydrogens (primary N) is 1. The summed E-state index contributed by atoms with van der Waals surface area (Å²) in [5.41, 5.74) is 6.23. The molecule has 7 heteroatoms. The van der Waals surface area contributed by atoms with E-state index in [-0.39, 0.29) is 0 Å². The number of nitrogens with one attached hydrogen (secondary N) is 2. The van der Waals surface area contributed by atoms with Crippen LogP contribution in [0.1, 0.15) is 6.42 Å². The molecule has 1 atom stereocenters. The molecule has 0 saturated heterocycles. The van der Waals surface area contributed by atoms with Gasteiger partial charge in [0.1, 0.15) is 5.66 Å². The van der Waals surface area contributed by atoms with Gasteiger partial charge in [-0.1, -0.05) is 29.3 Å². The minimum atomic E-state index is -0.733. The summed E-state index contributed by atoms with van der Waals surface area (Å²) < 4.78 is 0. The Morgan fingerprint density at radius 2 is 2.14 bits per heavy atom. The lowest BCUT2D eigenvalue weighted by Crippen LogP contribution is -2.45. The first-order valence-electron chi connectivity index (χ1n) is 6.58. The highest BCUT2D eigenvalue weighted by Crippen LogP contribution is 2.29. The summed E-state index contributed by atoms with van der Waals surface area (Å²) in [6.07, 6.45) is 4.34. The third kappa shape index (κ3) is 4.35. The lowest BCUT2D eigenvalue weighted by atomic mass is 10.1. The summed E-state index contributed by atoms with van der Waals surface area (Å²) in [5, 5.41) is 7.07. The Morgan fingerprint density at radius 1 is 1.38 bits per heavy atom. The number of rotatable bonds is 4. The highest BCUT2D eigenvalue weighted by Gasteiger charge is 2.24. The molecular formula is C14H19Cl2N5. The number of aliphatic imine (C=N–C) groups is 1. The first-order chi connectivity index (χ1) is 9.89. The first kappa shape index (κ1) is 16.1. The van der Waals surface area contributed by atoms with Gasteiger partial charge in [0.05, 0.1) is 15.7 Å². The second-order valence-corrected chi connectivity index (χ2v) is 5.99. The molecule has 0 spiro atoms. The van der Waals surface area contributed by atoms with Crippen molar-refractivity contribution in [3.05, 3.63) is 40.5 Å². The number of anilines is 1. The molecule has 1 aliphatic rings. The fourth-order valence-electron chi connectivity index (χ4n) is 1.88. The topological polar surface area (TPSA) is 65.7 Å². The fraction of sp³-hybridized carbons (Fsp3) is 0.357. The van der Waals surface area contributed by atoms with Gasteiger partial charge in [0.2, 0.25) is 5.96 Å². The maximum Gasteiger partial charge on any atom is 0.202 e. The van der Waals surface area contributed by atoms with E-state index in [0.29, 0.717) is 28.1 Å². The van der Waals surface area contributed by atoms with Gasteiger partial charge < -0.3 is 21.3 Å². The van der Waals surface area contributed by atoms with Crippen LogP contribution in [0.2, 0.25) is 10.0 Å². The van der Waals surface area contributed by atoms with E-state index in [9.17, 15) is 0 Å². The van der Waals surface area contributed by atoms with Crippen LogP contribution in [0.3, 0.4) is 0 Å². The first-order valence-corrected chi connectivity index (χ1v) is 7.34. The zero-order valence-electron chi connectivity index (χ0n) is 12.0. The van der Waals surface area contributed by atoms with E-state index < -0.39 is 5.66 Å². The van der Waals surface area contributed by atoms with Crippen LogP contribution in [-0.2, 0) is 0 Å². The van der Waals surface area contributed by atoms with Gasteiger partial charge in [-0.2, -0.15) is 0 Å². The number of guanidine groups is 1. The van der Waals surface area contributed by atoms with E-state index in [1.54, 1.807) is 12.3 Å². The Hall–Kier alpha value is -1.27. The Balaban J connectivity index is 2.13. The van der Waals surface area contributed by atoms with Crippen molar-refractivity contribution in [3.63, 3.8) is 0 Å². The highest BCUT2D eigenvalue weighted by atomic mass is 35.5. The SMILES string of the molecule is CN(C)CCC1(N)C=CNC(Nc2cccc(Cl)c2Cl)=N1. The van der Waals surface area contributed by atoms with E-state index in [2.05, 4.69) is 20.5 Å². The summed E-state index contributed by atoms with van der Waals surface area (Å²) in [4.78, 5) is 6.58. The number of hydrogen-bond donors (Lipinski definition) is 3. The quantitative estimate of drug-likeness (QED) is 0.794. The van der Waals surface area contributed by atoms with Gasteiger partial charge >= 0.3 is 0 Å². The molecule has 0 bridgehead atoms. The molecule has 2 rings (SSSR count). The van der Waals surface area contributed by atoms with Crippen LogP contribution < -0.4 is 16.4 Å². The molecule has 21 heavy (non-hydrogen) atoms. The molecule has 4 N–H and O–H groups in total. The Bertz CT molecular complexity index is 570. The van der Waals surface area contributed by atoms with Crippen LogP contribution in [0.4, 0.5) is 5.69 Å². The Morgan fingerprint density at radius 3 is 2.86 bits per heavy atom. The van der Waals surface area contributed by atoms with Crippen molar-refractivity contribution in [2.45, 2.75) is 12.1 Å².